The number of carbonyl (C=O) groups is 3. The number of unbranched alkanes of at least 4 members (excludes halogenated alkanes) is 36. The van der Waals surface area contributed by atoms with Crippen molar-refractivity contribution in [3.05, 3.63) is 72.9 Å². The summed E-state index contributed by atoms with van der Waals surface area (Å²) in [6, 6.07) is 0. The van der Waals surface area contributed by atoms with Crippen molar-refractivity contribution in [3.8, 4) is 0 Å². The Morgan fingerprint density at radius 1 is 0.280 bits per heavy atom. The van der Waals surface area contributed by atoms with Gasteiger partial charge in [-0.15, -0.1) is 0 Å². The van der Waals surface area contributed by atoms with Gasteiger partial charge in [0.15, 0.2) is 6.10 Å². The van der Waals surface area contributed by atoms with Gasteiger partial charge in [0.25, 0.3) is 0 Å². The minimum atomic E-state index is -0.793. The van der Waals surface area contributed by atoms with Crippen molar-refractivity contribution >= 4 is 17.9 Å². The topological polar surface area (TPSA) is 78.9 Å². The molecule has 0 saturated carbocycles. The summed E-state index contributed by atoms with van der Waals surface area (Å²) in [5.74, 6) is -0.913. The molecule has 0 rings (SSSR count). The van der Waals surface area contributed by atoms with E-state index in [0.29, 0.717) is 19.3 Å². The van der Waals surface area contributed by atoms with Crippen LogP contribution in [0.2, 0.25) is 0 Å². The van der Waals surface area contributed by atoms with E-state index in [4.69, 9.17) is 14.2 Å². The van der Waals surface area contributed by atoms with Gasteiger partial charge in [-0.1, -0.05) is 299 Å². The van der Waals surface area contributed by atoms with E-state index < -0.39 is 6.10 Å². The van der Waals surface area contributed by atoms with Gasteiger partial charge in [0, 0.05) is 19.3 Å². The molecule has 0 heterocycles. The van der Waals surface area contributed by atoms with Crippen LogP contribution >= 0.6 is 0 Å². The van der Waals surface area contributed by atoms with Gasteiger partial charge in [-0.05, 0) is 83.5 Å². The number of hydrogen-bond acceptors (Lipinski definition) is 6. The fourth-order valence-electron chi connectivity index (χ4n) is 9.42. The summed E-state index contributed by atoms with van der Waals surface area (Å²) >= 11 is 0. The van der Waals surface area contributed by atoms with Crippen LogP contribution in [0.25, 0.3) is 0 Å². The molecule has 0 aromatic carbocycles. The predicted octanol–water partition coefficient (Wildman–Crippen LogP) is 22.1. The molecule has 75 heavy (non-hydrogen) atoms. The Hall–Kier alpha value is -3.15. The maximum absolute atomic E-state index is 12.9. The van der Waals surface area contributed by atoms with Crippen LogP contribution in [0.3, 0.4) is 0 Å². The van der Waals surface area contributed by atoms with Crippen molar-refractivity contribution in [1.29, 1.82) is 0 Å². The molecule has 0 amide bonds. The number of allylic oxidation sites excluding steroid dienone is 12. The number of esters is 3. The highest BCUT2D eigenvalue weighted by molar-refractivity contribution is 5.71. The highest BCUT2D eigenvalue weighted by Crippen LogP contribution is 2.18. The number of ether oxygens (including phenoxy) is 3. The van der Waals surface area contributed by atoms with Crippen LogP contribution in [0.4, 0.5) is 0 Å². The van der Waals surface area contributed by atoms with Crippen LogP contribution in [0.15, 0.2) is 72.9 Å². The van der Waals surface area contributed by atoms with E-state index in [2.05, 4.69) is 93.7 Å². The molecular formula is C69H122O6. The first-order chi connectivity index (χ1) is 37.0. The van der Waals surface area contributed by atoms with Gasteiger partial charge in [-0.25, -0.2) is 0 Å². The first-order valence-electron chi connectivity index (χ1n) is 32.4. The summed E-state index contributed by atoms with van der Waals surface area (Å²) in [5, 5.41) is 0. The minimum absolute atomic E-state index is 0.0864. The fraction of sp³-hybridized carbons (Fsp3) is 0.783. The highest BCUT2D eigenvalue weighted by Gasteiger charge is 2.19. The van der Waals surface area contributed by atoms with Gasteiger partial charge in [0.1, 0.15) is 13.2 Å². The Morgan fingerprint density at radius 2 is 0.520 bits per heavy atom. The number of carbonyl (C=O) groups excluding carboxylic acids is 3. The lowest BCUT2D eigenvalue weighted by Gasteiger charge is -2.18. The van der Waals surface area contributed by atoms with Crippen LogP contribution in [0.5, 0.6) is 0 Å². The summed E-state index contributed by atoms with van der Waals surface area (Å²) in [7, 11) is 0. The molecule has 0 aliphatic rings. The van der Waals surface area contributed by atoms with Gasteiger partial charge in [0.05, 0.1) is 0 Å². The molecule has 0 spiro atoms. The van der Waals surface area contributed by atoms with Crippen LogP contribution in [-0.4, -0.2) is 37.2 Å². The second kappa shape index (κ2) is 63.4. The van der Waals surface area contributed by atoms with E-state index in [9.17, 15) is 14.4 Å². The van der Waals surface area contributed by atoms with Crippen molar-refractivity contribution in [3.63, 3.8) is 0 Å². The third-order valence-electron chi connectivity index (χ3n) is 14.2. The van der Waals surface area contributed by atoms with Crippen molar-refractivity contribution in [2.75, 3.05) is 13.2 Å². The molecule has 0 aliphatic carbocycles. The van der Waals surface area contributed by atoms with Crippen molar-refractivity contribution in [1.82, 2.24) is 0 Å². The fourth-order valence-corrected chi connectivity index (χ4v) is 9.42. The maximum Gasteiger partial charge on any atom is 0.306 e. The van der Waals surface area contributed by atoms with Gasteiger partial charge >= 0.3 is 17.9 Å². The molecule has 434 valence electrons. The molecule has 0 aliphatic heterocycles. The molecule has 0 radical (unpaired) electrons. The molecule has 6 nitrogen and oxygen atoms in total. The summed E-state index contributed by atoms with van der Waals surface area (Å²) in [5.41, 5.74) is 0. The minimum Gasteiger partial charge on any atom is -0.462 e. The zero-order valence-electron chi connectivity index (χ0n) is 49.8. The molecule has 0 fully saturated rings. The second-order valence-corrected chi connectivity index (χ2v) is 21.6. The molecular weight excluding hydrogens is 925 g/mol. The summed E-state index contributed by atoms with van der Waals surface area (Å²) in [6.07, 6.45) is 82.2. The summed E-state index contributed by atoms with van der Waals surface area (Å²) in [4.78, 5) is 38.3. The van der Waals surface area contributed by atoms with Crippen LogP contribution in [0.1, 0.15) is 329 Å². The zero-order valence-corrected chi connectivity index (χ0v) is 49.8. The molecule has 6 heteroatoms. The average molecular weight is 1050 g/mol. The quantitative estimate of drug-likeness (QED) is 0.0261. The van der Waals surface area contributed by atoms with Crippen molar-refractivity contribution in [2.24, 2.45) is 0 Å². The van der Waals surface area contributed by atoms with Crippen LogP contribution in [0, 0.1) is 0 Å². The molecule has 0 aromatic rings. The predicted molar refractivity (Wildman–Crippen MR) is 325 cm³/mol. The Kier molecular flexibility index (Phi) is 60.7. The Labute approximate surface area is 465 Å². The SMILES string of the molecule is CC/C=C\C/C=C\C/C=C\CCCCCCCCCC(=O)OC(COC(=O)CCCCC/C=C\C/C=C\C/C=C\CC)COC(=O)CCCCCCCCCCCCCCCCCCCCCCCCCCCCC. The largest absolute Gasteiger partial charge is 0.462 e. The van der Waals surface area contributed by atoms with Crippen molar-refractivity contribution < 1.29 is 28.6 Å². The van der Waals surface area contributed by atoms with Gasteiger partial charge in [-0.2, -0.15) is 0 Å². The third kappa shape index (κ3) is 61.6. The third-order valence-corrected chi connectivity index (χ3v) is 14.2. The second-order valence-electron chi connectivity index (χ2n) is 21.6. The molecule has 1 unspecified atom stereocenters. The van der Waals surface area contributed by atoms with E-state index in [-0.39, 0.29) is 31.1 Å². The van der Waals surface area contributed by atoms with E-state index in [1.165, 1.54) is 180 Å². The monoisotopic (exact) mass is 1050 g/mol. The first-order valence-corrected chi connectivity index (χ1v) is 32.4. The highest BCUT2D eigenvalue weighted by atomic mass is 16.6. The maximum atomic E-state index is 12.9. The standard InChI is InChI=1S/C69H122O6/c1-4-7-10-13-16-19-22-25-27-29-30-31-32-33-34-35-36-37-38-40-41-44-47-50-53-56-59-62-68(71)74-65-66(64-73-67(70)61-58-55-52-49-46-43-24-21-18-15-12-9-6-3)75-69(72)63-60-57-54-51-48-45-42-39-28-26-23-20-17-14-11-8-5-2/h8-9,11-12,17-18,20-21,26,28,43,46,66H,4-7,10,13-16,19,22-25,27,29-42,44-45,47-65H2,1-3H3/b11-8-,12-9-,20-17-,21-18-,28-26-,46-43-. The van der Waals surface area contributed by atoms with Crippen LogP contribution in [-0.2, 0) is 28.6 Å². The van der Waals surface area contributed by atoms with Gasteiger partial charge in [0.2, 0.25) is 0 Å². The van der Waals surface area contributed by atoms with E-state index >= 15 is 0 Å². The average Bonchev–Trinajstić information content (AvgIpc) is 3.41. The molecule has 0 aromatic heterocycles. The van der Waals surface area contributed by atoms with E-state index in [1.807, 2.05) is 0 Å². The van der Waals surface area contributed by atoms with Crippen molar-refractivity contribution in [2.45, 2.75) is 335 Å². The van der Waals surface area contributed by atoms with Gasteiger partial charge in [-0.3, -0.25) is 14.4 Å². The lowest BCUT2D eigenvalue weighted by Crippen LogP contribution is -2.30. The smallest absolute Gasteiger partial charge is 0.306 e. The number of hydrogen-bond donors (Lipinski definition) is 0. The Morgan fingerprint density at radius 3 is 0.827 bits per heavy atom. The lowest BCUT2D eigenvalue weighted by atomic mass is 10.0. The molecule has 0 bridgehead atoms. The zero-order chi connectivity index (χ0) is 54.3. The van der Waals surface area contributed by atoms with E-state index in [1.54, 1.807) is 0 Å². The lowest BCUT2D eigenvalue weighted by molar-refractivity contribution is -0.167. The van der Waals surface area contributed by atoms with E-state index in [0.717, 1.165) is 109 Å². The molecule has 0 saturated heterocycles. The normalized spacial score (nSPS) is 12.5. The Balaban J connectivity index is 4.24. The summed E-state index contributed by atoms with van der Waals surface area (Å²) < 4.78 is 16.9. The summed E-state index contributed by atoms with van der Waals surface area (Å²) in [6.45, 7) is 6.42. The Bertz CT molecular complexity index is 1390. The molecule has 0 N–H and O–H groups in total. The first kappa shape index (κ1) is 71.8. The molecule has 1 atom stereocenters. The van der Waals surface area contributed by atoms with Gasteiger partial charge < -0.3 is 14.2 Å². The van der Waals surface area contributed by atoms with Crippen LogP contribution < -0.4 is 0 Å². The number of rotatable bonds is 59.